The summed E-state index contributed by atoms with van der Waals surface area (Å²) in [7, 11) is 0. The maximum Gasteiger partial charge on any atom is 0.00718 e. The predicted molar refractivity (Wildman–Crippen MR) is 50.1 cm³/mol. The molecule has 0 bridgehead atoms. The van der Waals surface area contributed by atoms with Crippen LogP contribution >= 0.6 is 11.8 Å². The van der Waals surface area contributed by atoms with Crippen LogP contribution in [0.5, 0.6) is 0 Å². The van der Waals surface area contributed by atoms with E-state index in [9.17, 15) is 0 Å². The lowest BCUT2D eigenvalue weighted by Crippen LogP contribution is -1.68. The van der Waals surface area contributed by atoms with Gasteiger partial charge in [0.2, 0.25) is 0 Å². The van der Waals surface area contributed by atoms with E-state index in [0.29, 0.717) is 0 Å². The van der Waals surface area contributed by atoms with Crippen LogP contribution in [0, 0.1) is 0 Å². The lowest BCUT2D eigenvalue weighted by molar-refractivity contribution is 0.823. The van der Waals surface area contributed by atoms with Gasteiger partial charge < -0.3 is 11.0 Å². The molecule has 4 N–H and O–H groups in total. The summed E-state index contributed by atoms with van der Waals surface area (Å²) in [5, 5.41) is 0. The minimum atomic E-state index is 0. The monoisotopic (exact) mass is 174 g/mol. The summed E-state index contributed by atoms with van der Waals surface area (Å²) in [6.07, 6.45) is 0. The van der Waals surface area contributed by atoms with Crippen LogP contribution in [0.25, 0.3) is 0 Å². The number of benzene rings is 1. The standard InChI is InChI=1S/C8H10S.2H2O/c1-2-9-8-6-4-3-5-7-8;;/h3-7H,2H2,1H3;2*1H2. The van der Waals surface area contributed by atoms with Crippen molar-refractivity contribution >= 4 is 11.8 Å². The zero-order valence-corrected chi connectivity index (χ0v) is 7.32. The van der Waals surface area contributed by atoms with E-state index < -0.39 is 0 Å². The Morgan fingerprint density at radius 3 is 2.09 bits per heavy atom. The average Bonchev–Trinajstić information content (AvgIpc) is 1.91. The molecule has 1 aromatic rings. The topological polar surface area (TPSA) is 63.0 Å². The molecule has 0 atom stereocenters. The van der Waals surface area contributed by atoms with Gasteiger partial charge in [-0.05, 0) is 17.9 Å². The maximum absolute atomic E-state index is 2.16. The summed E-state index contributed by atoms with van der Waals surface area (Å²) in [5.41, 5.74) is 0. The molecular weight excluding hydrogens is 160 g/mol. The molecule has 0 fully saturated rings. The van der Waals surface area contributed by atoms with Crippen molar-refractivity contribution in [3.63, 3.8) is 0 Å². The van der Waals surface area contributed by atoms with Gasteiger partial charge in [0.1, 0.15) is 0 Å². The Hall–Kier alpha value is -0.510. The van der Waals surface area contributed by atoms with Crippen molar-refractivity contribution in [3.05, 3.63) is 30.3 Å². The predicted octanol–water partition coefficient (Wildman–Crippen LogP) is 1.15. The van der Waals surface area contributed by atoms with Crippen LogP contribution in [-0.2, 0) is 0 Å². The Kier molecular flexibility index (Phi) is 9.05. The van der Waals surface area contributed by atoms with Crippen molar-refractivity contribution in [2.24, 2.45) is 0 Å². The molecule has 0 aliphatic rings. The summed E-state index contributed by atoms with van der Waals surface area (Å²) in [6.45, 7) is 2.16. The lowest BCUT2D eigenvalue weighted by Gasteiger charge is -1.93. The first-order valence-electron chi connectivity index (χ1n) is 3.11. The fourth-order valence-corrected chi connectivity index (χ4v) is 1.37. The van der Waals surface area contributed by atoms with Crippen LogP contribution in [0.3, 0.4) is 0 Å². The van der Waals surface area contributed by atoms with Crippen LogP contribution in [0.2, 0.25) is 0 Å². The molecule has 0 saturated carbocycles. The Balaban J connectivity index is 0. The molecule has 0 unspecified atom stereocenters. The summed E-state index contributed by atoms with van der Waals surface area (Å²) >= 11 is 1.88. The second kappa shape index (κ2) is 7.60. The molecule has 0 saturated heterocycles. The van der Waals surface area contributed by atoms with Gasteiger partial charge in [-0.3, -0.25) is 0 Å². The molecule has 0 radical (unpaired) electrons. The zero-order chi connectivity index (χ0) is 6.53. The third kappa shape index (κ3) is 4.84. The zero-order valence-electron chi connectivity index (χ0n) is 6.50. The van der Waals surface area contributed by atoms with Gasteiger partial charge in [-0.2, -0.15) is 0 Å². The average molecular weight is 174 g/mol. The van der Waals surface area contributed by atoms with Crippen LogP contribution in [0.1, 0.15) is 6.92 Å². The highest BCUT2D eigenvalue weighted by molar-refractivity contribution is 7.99. The molecule has 1 aromatic carbocycles. The van der Waals surface area contributed by atoms with Crippen LogP contribution < -0.4 is 0 Å². The van der Waals surface area contributed by atoms with Crippen molar-refractivity contribution in [1.29, 1.82) is 0 Å². The molecule has 0 heterocycles. The Bertz CT molecular complexity index is 165. The quantitative estimate of drug-likeness (QED) is 0.620. The van der Waals surface area contributed by atoms with E-state index in [1.807, 2.05) is 17.8 Å². The van der Waals surface area contributed by atoms with Crippen LogP contribution in [0.4, 0.5) is 0 Å². The van der Waals surface area contributed by atoms with Crippen molar-refractivity contribution < 1.29 is 11.0 Å². The number of thioether (sulfide) groups is 1. The second-order valence-electron chi connectivity index (χ2n) is 1.75. The fraction of sp³-hybridized carbons (Fsp3) is 0.250. The third-order valence-corrected chi connectivity index (χ3v) is 1.95. The van der Waals surface area contributed by atoms with Gasteiger partial charge >= 0.3 is 0 Å². The van der Waals surface area contributed by atoms with Gasteiger partial charge in [0, 0.05) is 4.90 Å². The molecule has 0 aromatic heterocycles. The summed E-state index contributed by atoms with van der Waals surface area (Å²) in [4.78, 5) is 1.36. The minimum Gasteiger partial charge on any atom is -0.412 e. The number of rotatable bonds is 2. The molecule has 1 rings (SSSR count). The molecule has 0 spiro atoms. The molecule has 3 heteroatoms. The van der Waals surface area contributed by atoms with Gasteiger partial charge in [-0.15, -0.1) is 11.8 Å². The van der Waals surface area contributed by atoms with Gasteiger partial charge in [0.15, 0.2) is 0 Å². The van der Waals surface area contributed by atoms with E-state index in [1.54, 1.807) is 0 Å². The summed E-state index contributed by atoms with van der Waals surface area (Å²) in [6, 6.07) is 10.4. The second-order valence-corrected chi connectivity index (χ2v) is 3.08. The lowest BCUT2D eigenvalue weighted by atomic mass is 10.4. The minimum absolute atomic E-state index is 0. The van der Waals surface area contributed by atoms with E-state index in [0.717, 1.165) is 5.75 Å². The van der Waals surface area contributed by atoms with E-state index in [2.05, 4.69) is 31.2 Å². The van der Waals surface area contributed by atoms with E-state index >= 15 is 0 Å². The van der Waals surface area contributed by atoms with Gasteiger partial charge in [-0.25, -0.2) is 0 Å². The smallest absolute Gasteiger partial charge is 0.00718 e. The SMILES string of the molecule is CCSc1ccccc1.O.O. The third-order valence-electron chi connectivity index (χ3n) is 1.05. The van der Waals surface area contributed by atoms with E-state index in [-0.39, 0.29) is 11.0 Å². The largest absolute Gasteiger partial charge is 0.412 e. The fourth-order valence-electron chi connectivity index (χ4n) is 0.683. The Morgan fingerprint density at radius 1 is 1.09 bits per heavy atom. The van der Waals surface area contributed by atoms with Gasteiger partial charge in [0.25, 0.3) is 0 Å². The Morgan fingerprint density at radius 2 is 1.64 bits per heavy atom. The van der Waals surface area contributed by atoms with E-state index in [4.69, 9.17) is 0 Å². The first-order chi connectivity index (χ1) is 4.43. The molecule has 11 heavy (non-hydrogen) atoms. The highest BCUT2D eigenvalue weighted by Gasteiger charge is 1.84. The molecule has 64 valence electrons. The van der Waals surface area contributed by atoms with Crippen molar-refractivity contribution in [3.8, 4) is 0 Å². The van der Waals surface area contributed by atoms with Crippen LogP contribution in [-0.4, -0.2) is 16.7 Å². The number of hydrogen-bond acceptors (Lipinski definition) is 1. The first-order valence-corrected chi connectivity index (χ1v) is 4.10. The highest BCUT2D eigenvalue weighted by atomic mass is 32.2. The van der Waals surface area contributed by atoms with Crippen molar-refractivity contribution in [2.75, 3.05) is 5.75 Å². The summed E-state index contributed by atoms with van der Waals surface area (Å²) < 4.78 is 0. The van der Waals surface area contributed by atoms with Gasteiger partial charge in [-0.1, -0.05) is 25.1 Å². The molecule has 0 amide bonds. The Labute approximate surface area is 71.2 Å². The molecule has 2 nitrogen and oxygen atoms in total. The molecule has 0 aliphatic heterocycles. The van der Waals surface area contributed by atoms with Gasteiger partial charge in [0.05, 0.1) is 0 Å². The van der Waals surface area contributed by atoms with Crippen molar-refractivity contribution in [2.45, 2.75) is 11.8 Å². The first kappa shape index (κ1) is 13.1. The maximum atomic E-state index is 2.16. The number of hydrogen-bond donors (Lipinski definition) is 0. The molecule has 0 aliphatic carbocycles. The summed E-state index contributed by atoms with van der Waals surface area (Å²) in [5.74, 6) is 1.16. The highest BCUT2D eigenvalue weighted by Crippen LogP contribution is 2.15. The molecular formula is C8H14O2S. The normalized spacial score (nSPS) is 7.73. The van der Waals surface area contributed by atoms with Crippen LogP contribution in [0.15, 0.2) is 35.2 Å². The van der Waals surface area contributed by atoms with Crippen molar-refractivity contribution in [1.82, 2.24) is 0 Å². The van der Waals surface area contributed by atoms with E-state index in [1.165, 1.54) is 4.90 Å².